The molecule has 6 nitrogen and oxygen atoms in total. The van der Waals surface area contributed by atoms with E-state index in [9.17, 15) is 14.7 Å². The van der Waals surface area contributed by atoms with Gasteiger partial charge in [0.05, 0.1) is 24.9 Å². The molecule has 0 spiro atoms. The van der Waals surface area contributed by atoms with Gasteiger partial charge in [0.2, 0.25) is 0 Å². The van der Waals surface area contributed by atoms with E-state index in [0.717, 1.165) is 6.42 Å². The maximum atomic E-state index is 12.2. The summed E-state index contributed by atoms with van der Waals surface area (Å²) in [6, 6.07) is 8.58. The first-order chi connectivity index (χ1) is 11.6. The number of hydrogen-bond acceptors (Lipinski definition) is 6. The van der Waals surface area contributed by atoms with Crippen molar-refractivity contribution in [1.82, 2.24) is 0 Å². The van der Waals surface area contributed by atoms with Gasteiger partial charge >= 0.3 is 11.9 Å². The van der Waals surface area contributed by atoms with Gasteiger partial charge in [-0.1, -0.05) is 18.2 Å². The third-order valence-corrected chi connectivity index (χ3v) is 3.79. The molecule has 0 amide bonds. The van der Waals surface area contributed by atoms with E-state index in [2.05, 4.69) is 4.74 Å². The third kappa shape index (κ3) is 5.47. The Balaban J connectivity index is 2.05. The van der Waals surface area contributed by atoms with E-state index in [-0.39, 0.29) is 6.42 Å². The fraction of sp³-hybridized carbons (Fsp3) is 0.444. The second-order valence-corrected chi connectivity index (χ2v) is 5.55. The minimum atomic E-state index is -0.699. The molecule has 1 aliphatic heterocycles. The highest BCUT2D eigenvalue weighted by Crippen LogP contribution is 2.20. The first kappa shape index (κ1) is 18.2. The Bertz CT molecular complexity index is 568. The predicted molar refractivity (Wildman–Crippen MR) is 86.4 cm³/mol. The van der Waals surface area contributed by atoms with Gasteiger partial charge < -0.3 is 19.3 Å². The van der Waals surface area contributed by atoms with Crippen LogP contribution in [0.4, 0.5) is 0 Å². The van der Waals surface area contributed by atoms with Crippen LogP contribution >= 0.6 is 0 Å². The molecule has 0 unspecified atom stereocenters. The molecule has 1 fully saturated rings. The molecule has 24 heavy (non-hydrogen) atoms. The fourth-order valence-electron chi connectivity index (χ4n) is 2.48. The van der Waals surface area contributed by atoms with Crippen LogP contribution in [0.5, 0.6) is 0 Å². The van der Waals surface area contributed by atoms with Crippen molar-refractivity contribution in [3.05, 3.63) is 48.0 Å². The van der Waals surface area contributed by atoms with Gasteiger partial charge in [-0.25, -0.2) is 9.59 Å². The van der Waals surface area contributed by atoms with E-state index in [4.69, 9.17) is 9.47 Å². The molecular weight excluding hydrogens is 312 g/mol. The quantitative estimate of drug-likeness (QED) is 0.632. The van der Waals surface area contributed by atoms with Crippen LogP contribution in [0.25, 0.3) is 0 Å². The van der Waals surface area contributed by atoms with E-state index in [1.807, 2.05) is 0 Å². The number of rotatable bonds is 6. The molecular formula is C18H22O6. The Morgan fingerprint density at radius 2 is 2.12 bits per heavy atom. The molecule has 0 radical (unpaired) electrons. The summed E-state index contributed by atoms with van der Waals surface area (Å²) in [7, 11) is 1.27. The molecule has 2 rings (SSSR count). The van der Waals surface area contributed by atoms with E-state index in [1.54, 1.807) is 30.3 Å². The Hall–Kier alpha value is -2.18. The van der Waals surface area contributed by atoms with Crippen molar-refractivity contribution in [3.8, 4) is 0 Å². The first-order valence-corrected chi connectivity index (χ1v) is 7.92. The number of methoxy groups -OCH3 is 1. The highest BCUT2D eigenvalue weighted by Gasteiger charge is 2.28. The summed E-state index contributed by atoms with van der Waals surface area (Å²) in [4.78, 5) is 23.5. The summed E-state index contributed by atoms with van der Waals surface area (Å²) in [6.07, 6.45) is 2.63. The number of aliphatic hydroxyl groups is 1. The maximum Gasteiger partial charge on any atom is 0.338 e. The van der Waals surface area contributed by atoms with Crippen molar-refractivity contribution < 1.29 is 28.9 Å². The zero-order chi connectivity index (χ0) is 17.4. The van der Waals surface area contributed by atoms with Gasteiger partial charge in [0.1, 0.15) is 6.10 Å². The van der Waals surface area contributed by atoms with Gasteiger partial charge in [0.25, 0.3) is 0 Å². The third-order valence-electron chi connectivity index (χ3n) is 3.79. The smallest absolute Gasteiger partial charge is 0.338 e. The van der Waals surface area contributed by atoms with Crippen LogP contribution in [0.1, 0.15) is 29.6 Å². The van der Waals surface area contributed by atoms with Crippen molar-refractivity contribution >= 4 is 11.9 Å². The number of ether oxygens (including phenoxy) is 3. The van der Waals surface area contributed by atoms with Crippen LogP contribution in [0.3, 0.4) is 0 Å². The summed E-state index contributed by atoms with van der Waals surface area (Å²) in [6.45, 7) is 0.557. The molecule has 0 bridgehead atoms. The maximum absolute atomic E-state index is 12.2. The van der Waals surface area contributed by atoms with Gasteiger partial charge in [0.15, 0.2) is 0 Å². The van der Waals surface area contributed by atoms with Crippen LogP contribution in [-0.4, -0.2) is 49.1 Å². The Kier molecular flexibility index (Phi) is 6.96. The van der Waals surface area contributed by atoms with Gasteiger partial charge in [0, 0.05) is 19.1 Å². The number of carbonyl (C=O) groups is 2. The molecule has 1 heterocycles. The average molecular weight is 334 g/mol. The number of hydrogen-bond donors (Lipinski definition) is 1. The topological polar surface area (TPSA) is 82.1 Å². The normalized spacial score (nSPS) is 22.1. The Morgan fingerprint density at radius 1 is 1.38 bits per heavy atom. The highest BCUT2D eigenvalue weighted by atomic mass is 16.5. The number of carbonyl (C=O) groups excluding carboxylic acids is 2. The van der Waals surface area contributed by atoms with E-state index in [1.165, 1.54) is 19.3 Å². The van der Waals surface area contributed by atoms with Crippen molar-refractivity contribution in [3.63, 3.8) is 0 Å². The minimum Gasteiger partial charge on any atom is -0.466 e. The number of benzene rings is 1. The molecule has 3 atom stereocenters. The van der Waals surface area contributed by atoms with Crippen LogP contribution in [0.2, 0.25) is 0 Å². The second-order valence-electron chi connectivity index (χ2n) is 5.55. The van der Waals surface area contributed by atoms with Gasteiger partial charge in [-0.15, -0.1) is 0 Å². The van der Waals surface area contributed by atoms with Crippen molar-refractivity contribution in [2.24, 2.45) is 0 Å². The molecule has 130 valence electrons. The lowest BCUT2D eigenvalue weighted by atomic mass is 10.00. The summed E-state index contributed by atoms with van der Waals surface area (Å²) in [5.41, 5.74) is 0.416. The first-order valence-electron chi connectivity index (χ1n) is 7.92. The summed E-state index contributed by atoms with van der Waals surface area (Å²) < 4.78 is 15.6. The summed E-state index contributed by atoms with van der Waals surface area (Å²) in [5.74, 6) is -1.04. The zero-order valence-corrected chi connectivity index (χ0v) is 13.6. The lowest BCUT2D eigenvalue weighted by Gasteiger charge is -2.30. The molecule has 1 aromatic carbocycles. The van der Waals surface area contributed by atoms with Crippen LogP contribution < -0.4 is 0 Å². The Labute approximate surface area is 141 Å². The van der Waals surface area contributed by atoms with Crippen LogP contribution in [0.15, 0.2) is 42.5 Å². The molecule has 1 aromatic rings. The van der Waals surface area contributed by atoms with E-state index in [0.29, 0.717) is 18.6 Å². The lowest BCUT2D eigenvalue weighted by molar-refractivity contribution is -0.134. The molecule has 6 heteroatoms. The van der Waals surface area contributed by atoms with E-state index >= 15 is 0 Å². The van der Waals surface area contributed by atoms with Crippen molar-refractivity contribution in [2.45, 2.75) is 37.6 Å². The molecule has 1 N–H and O–H groups in total. The molecule has 0 aromatic heterocycles. The SMILES string of the molecule is COC(=O)/C=C/[C@H](C[C@H]1OCCC[C@H]1O)OC(=O)c1ccccc1. The van der Waals surface area contributed by atoms with Gasteiger partial charge in [-0.2, -0.15) is 0 Å². The molecule has 1 aliphatic rings. The molecule has 0 saturated carbocycles. The van der Waals surface area contributed by atoms with E-state index < -0.39 is 30.3 Å². The lowest BCUT2D eigenvalue weighted by Crippen LogP contribution is -2.37. The van der Waals surface area contributed by atoms with Crippen molar-refractivity contribution in [2.75, 3.05) is 13.7 Å². The van der Waals surface area contributed by atoms with Crippen molar-refractivity contribution in [1.29, 1.82) is 0 Å². The fourth-order valence-corrected chi connectivity index (χ4v) is 2.48. The number of aliphatic hydroxyl groups excluding tert-OH is 1. The standard InChI is InChI=1S/C18H22O6/c1-22-17(20)10-9-14(12-16-15(19)8-5-11-23-16)24-18(21)13-6-3-2-4-7-13/h2-4,6-7,9-10,14-16,19H,5,8,11-12H2,1H3/b10-9+/t14-,15-,16-/m1/s1. The van der Waals surface area contributed by atoms with Crippen LogP contribution in [0, 0.1) is 0 Å². The second kappa shape index (κ2) is 9.20. The number of esters is 2. The largest absolute Gasteiger partial charge is 0.466 e. The monoisotopic (exact) mass is 334 g/mol. The highest BCUT2D eigenvalue weighted by molar-refractivity contribution is 5.89. The Morgan fingerprint density at radius 3 is 2.79 bits per heavy atom. The average Bonchev–Trinajstić information content (AvgIpc) is 2.61. The van der Waals surface area contributed by atoms with Gasteiger partial charge in [-0.05, 0) is 31.1 Å². The molecule has 0 aliphatic carbocycles. The van der Waals surface area contributed by atoms with Crippen LogP contribution in [-0.2, 0) is 19.0 Å². The molecule has 1 saturated heterocycles. The minimum absolute atomic E-state index is 0.271. The predicted octanol–water partition coefficient (Wildman–Crippen LogP) is 1.87. The zero-order valence-electron chi connectivity index (χ0n) is 13.6. The summed E-state index contributed by atoms with van der Waals surface area (Å²) in [5, 5.41) is 10.0. The summed E-state index contributed by atoms with van der Waals surface area (Å²) >= 11 is 0. The van der Waals surface area contributed by atoms with Gasteiger partial charge in [-0.3, -0.25) is 0 Å².